The zero-order chi connectivity index (χ0) is 17.0. The Kier molecular flexibility index (Phi) is 5.59. The van der Waals surface area contributed by atoms with E-state index in [0.717, 1.165) is 0 Å². The molecule has 0 spiro atoms. The van der Waals surface area contributed by atoms with E-state index in [-0.39, 0.29) is 18.4 Å². The highest BCUT2D eigenvalue weighted by Gasteiger charge is 2.23. The average Bonchev–Trinajstić information content (AvgIpc) is 2.74. The third-order valence-electron chi connectivity index (χ3n) is 3.89. The van der Waals surface area contributed by atoms with Gasteiger partial charge in [0, 0.05) is 32.7 Å². The number of benzene rings is 1. The van der Waals surface area contributed by atoms with Crippen LogP contribution >= 0.6 is 0 Å². The molecule has 6 nitrogen and oxygen atoms in total. The van der Waals surface area contributed by atoms with E-state index in [4.69, 9.17) is 0 Å². The molecular weight excluding hydrogens is 321 g/mol. The molecule has 0 bridgehead atoms. The summed E-state index contributed by atoms with van der Waals surface area (Å²) in [7, 11) is -3.23. The molecule has 0 aliphatic carbocycles. The first-order chi connectivity index (χ1) is 10.8. The Morgan fingerprint density at radius 2 is 2.00 bits per heavy atom. The van der Waals surface area contributed by atoms with Crippen LogP contribution < -0.4 is 5.32 Å². The van der Waals surface area contributed by atoms with Crippen molar-refractivity contribution in [1.82, 2.24) is 14.5 Å². The van der Waals surface area contributed by atoms with Crippen LogP contribution in [-0.2, 0) is 16.6 Å². The minimum atomic E-state index is -3.23. The van der Waals surface area contributed by atoms with Crippen LogP contribution in [0, 0.1) is 12.7 Å². The van der Waals surface area contributed by atoms with Gasteiger partial charge in [-0.3, -0.25) is 0 Å². The highest BCUT2D eigenvalue weighted by atomic mass is 32.2. The third kappa shape index (κ3) is 4.90. The van der Waals surface area contributed by atoms with E-state index in [2.05, 4.69) is 5.32 Å². The number of urea groups is 1. The monoisotopic (exact) mass is 343 g/mol. The van der Waals surface area contributed by atoms with Crippen molar-refractivity contribution < 1.29 is 17.6 Å². The molecule has 0 saturated carbocycles. The number of carbonyl (C=O) groups is 1. The average molecular weight is 343 g/mol. The minimum Gasteiger partial charge on any atom is -0.334 e. The molecule has 1 aliphatic rings. The predicted molar refractivity (Wildman–Crippen MR) is 86.0 cm³/mol. The number of hydrogen-bond acceptors (Lipinski definition) is 3. The predicted octanol–water partition coefficient (Wildman–Crippen LogP) is 1.31. The first-order valence-corrected chi connectivity index (χ1v) is 9.35. The zero-order valence-electron chi connectivity index (χ0n) is 13.4. The minimum absolute atomic E-state index is 0.238. The van der Waals surface area contributed by atoms with Crippen molar-refractivity contribution in [2.75, 3.05) is 32.4 Å². The fraction of sp³-hybridized carbons (Fsp3) is 0.533. The summed E-state index contributed by atoms with van der Waals surface area (Å²) in [5, 5.41) is 2.75. The van der Waals surface area contributed by atoms with Crippen molar-refractivity contribution in [3.8, 4) is 0 Å². The molecule has 0 unspecified atom stereocenters. The number of nitrogens with one attached hydrogen (secondary N) is 1. The Labute approximate surface area is 136 Å². The summed E-state index contributed by atoms with van der Waals surface area (Å²) in [4.78, 5) is 13.8. The highest BCUT2D eigenvalue weighted by Crippen LogP contribution is 2.10. The number of carbonyl (C=O) groups excluding carboxylic acids is 1. The van der Waals surface area contributed by atoms with Crippen LogP contribution in [0.25, 0.3) is 0 Å². The SMILES string of the molecule is Cc1ccc(CNC(=O)N2CCCN(S(C)(=O)=O)CC2)cc1F. The lowest BCUT2D eigenvalue weighted by Crippen LogP contribution is -2.42. The molecule has 1 aromatic carbocycles. The number of rotatable bonds is 3. The summed E-state index contributed by atoms with van der Waals surface area (Å²) in [6.07, 6.45) is 1.77. The van der Waals surface area contributed by atoms with Gasteiger partial charge in [-0.1, -0.05) is 12.1 Å². The smallest absolute Gasteiger partial charge is 0.317 e. The summed E-state index contributed by atoms with van der Waals surface area (Å²) in [6.45, 7) is 3.49. The Bertz CT molecular complexity index is 679. The van der Waals surface area contributed by atoms with Gasteiger partial charge in [0.2, 0.25) is 10.0 Å². The molecule has 128 valence electrons. The van der Waals surface area contributed by atoms with E-state index in [1.165, 1.54) is 16.6 Å². The van der Waals surface area contributed by atoms with Crippen LogP contribution in [0.5, 0.6) is 0 Å². The van der Waals surface area contributed by atoms with Crippen LogP contribution in [0.4, 0.5) is 9.18 Å². The molecule has 0 radical (unpaired) electrons. The lowest BCUT2D eigenvalue weighted by Gasteiger charge is -2.21. The third-order valence-corrected chi connectivity index (χ3v) is 5.19. The Balaban J connectivity index is 1.89. The van der Waals surface area contributed by atoms with E-state index in [9.17, 15) is 17.6 Å². The number of nitrogens with zero attached hydrogens (tertiary/aromatic N) is 2. The molecule has 0 aromatic heterocycles. The summed E-state index contributed by atoms with van der Waals surface area (Å²) < 4.78 is 38.0. The normalized spacial score (nSPS) is 16.9. The summed E-state index contributed by atoms with van der Waals surface area (Å²) in [5.74, 6) is -0.296. The number of halogens is 1. The van der Waals surface area contributed by atoms with E-state index < -0.39 is 10.0 Å². The van der Waals surface area contributed by atoms with Gasteiger partial charge < -0.3 is 10.2 Å². The van der Waals surface area contributed by atoms with Gasteiger partial charge in [-0.2, -0.15) is 0 Å². The van der Waals surface area contributed by atoms with Crippen molar-refractivity contribution in [3.05, 3.63) is 35.1 Å². The second-order valence-electron chi connectivity index (χ2n) is 5.74. The molecule has 2 amide bonds. The lowest BCUT2D eigenvalue weighted by atomic mass is 10.1. The van der Waals surface area contributed by atoms with Gasteiger partial charge in [-0.25, -0.2) is 21.9 Å². The molecular formula is C15H22FN3O3S. The van der Waals surface area contributed by atoms with Gasteiger partial charge in [-0.15, -0.1) is 0 Å². The van der Waals surface area contributed by atoms with Crippen molar-refractivity contribution in [1.29, 1.82) is 0 Å². The van der Waals surface area contributed by atoms with Crippen LogP contribution in [0.3, 0.4) is 0 Å². The van der Waals surface area contributed by atoms with Crippen LogP contribution in [0.2, 0.25) is 0 Å². The largest absolute Gasteiger partial charge is 0.334 e. The molecule has 1 fully saturated rings. The van der Waals surface area contributed by atoms with Gasteiger partial charge in [0.1, 0.15) is 5.82 Å². The fourth-order valence-electron chi connectivity index (χ4n) is 2.46. The number of aryl methyl sites for hydroxylation is 1. The van der Waals surface area contributed by atoms with E-state index in [1.54, 1.807) is 24.0 Å². The van der Waals surface area contributed by atoms with Crippen molar-refractivity contribution in [3.63, 3.8) is 0 Å². The van der Waals surface area contributed by atoms with Crippen LogP contribution in [0.1, 0.15) is 17.5 Å². The van der Waals surface area contributed by atoms with Crippen molar-refractivity contribution in [2.45, 2.75) is 19.9 Å². The molecule has 0 atom stereocenters. The first-order valence-electron chi connectivity index (χ1n) is 7.50. The maximum absolute atomic E-state index is 13.5. The Morgan fingerprint density at radius 3 is 2.65 bits per heavy atom. The second-order valence-corrected chi connectivity index (χ2v) is 7.73. The number of hydrogen-bond donors (Lipinski definition) is 1. The van der Waals surface area contributed by atoms with Crippen LogP contribution in [-0.4, -0.2) is 56.1 Å². The Hall–Kier alpha value is -1.67. The molecule has 1 saturated heterocycles. The second kappa shape index (κ2) is 7.27. The topological polar surface area (TPSA) is 69.7 Å². The molecule has 8 heteroatoms. The van der Waals surface area contributed by atoms with Gasteiger partial charge >= 0.3 is 6.03 Å². The summed E-state index contributed by atoms with van der Waals surface area (Å²) >= 11 is 0. The standard InChI is InChI=1S/C15H22FN3O3S/c1-12-4-5-13(10-14(12)16)11-17-15(20)18-6-3-7-19(9-8-18)23(2,21)22/h4-5,10H,3,6-9,11H2,1-2H3,(H,17,20). The molecule has 1 N–H and O–H groups in total. The summed E-state index contributed by atoms with van der Waals surface area (Å²) in [6, 6.07) is 4.59. The Morgan fingerprint density at radius 1 is 1.26 bits per heavy atom. The number of amides is 2. The van der Waals surface area contributed by atoms with Crippen molar-refractivity contribution in [2.24, 2.45) is 0 Å². The highest BCUT2D eigenvalue weighted by molar-refractivity contribution is 7.88. The molecule has 2 rings (SSSR count). The quantitative estimate of drug-likeness (QED) is 0.900. The van der Waals surface area contributed by atoms with Crippen LogP contribution in [0.15, 0.2) is 18.2 Å². The summed E-state index contributed by atoms with van der Waals surface area (Å²) in [5.41, 5.74) is 1.25. The van der Waals surface area contributed by atoms with E-state index in [1.807, 2.05) is 0 Å². The van der Waals surface area contributed by atoms with Gasteiger partial charge in [0.15, 0.2) is 0 Å². The van der Waals surface area contributed by atoms with Gasteiger partial charge in [-0.05, 0) is 30.5 Å². The van der Waals surface area contributed by atoms with Gasteiger partial charge in [0.25, 0.3) is 0 Å². The number of sulfonamides is 1. The molecule has 1 heterocycles. The fourth-order valence-corrected chi connectivity index (χ4v) is 3.34. The zero-order valence-corrected chi connectivity index (χ0v) is 14.2. The first kappa shape index (κ1) is 17.7. The molecule has 23 heavy (non-hydrogen) atoms. The van der Waals surface area contributed by atoms with Crippen molar-refractivity contribution >= 4 is 16.1 Å². The van der Waals surface area contributed by atoms with Gasteiger partial charge in [0.05, 0.1) is 6.26 Å². The maximum Gasteiger partial charge on any atom is 0.317 e. The maximum atomic E-state index is 13.5. The molecule has 1 aliphatic heterocycles. The van der Waals surface area contributed by atoms with E-state index >= 15 is 0 Å². The lowest BCUT2D eigenvalue weighted by molar-refractivity contribution is 0.200. The van der Waals surface area contributed by atoms with E-state index in [0.29, 0.717) is 43.7 Å². The molecule has 1 aromatic rings.